The number of guanidine groups is 1. The van der Waals surface area contributed by atoms with E-state index >= 15 is 0 Å². The van der Waals surface area contributed by atoms with E-state index in [0.717, 1.165) is 18.2 Å². The molecule has 0 atom stereocenters. The zero-order valence-corrected chi connectivity index (χ0v) is 12.0. The van der Waals surface area contributed by atoms with Crippen LogP contribution in [-0.4, -0.2) is 12.5 Å². The maximum absolute atomic E-state index is 5.95. The smallest absolute Gasteiger partial charge is 0.193 e. The second-order valence-electron chi connectivity index (χ2n) is 6.16. The first-order valence-corrected chi connectivity index (χ1v) is 7.20. The summed E-state index contributed by atoms with van der Waals surface area (Å²) in [6.07, 6.45) is 5.42. The molecule has 0 radical (unpaired) electrons. The summed E-state index contributed by atoms with van der Waals surface area (Å²) in [6, 6.07) is 9.94. The van der Waals surface area contributed by atoms with Crippen molar-refractivity contribution in [1.29, 1.82) is 0 Å². The molecule has 2 rings (SSSR count). The van der Waals surface area contributed by atoms with Crippen LogP contribution in [0.4, 0.5) is 5.69 Å². The molecule has 1 saturated carbocycles. The highest BCUT2D eigenvalue weighted by atomic mass is 15.1. The highest BCUT2D eigenvalue weighted by molar-refractivity contribution is 5.92. The first kappa shape index (κ1) is 13.9. The summed E-state index contributed by atoms with van der Waals surface area (Å²) in [4.78, 5) is 4.52. The molecule has 19 heavy (non-hydrogen) atoms. The maximum atomic E-state index is 5.95. The number of nitrogens with one attached hydrogen (secondary N) is 1. The zero-order valence-electron chi connectivity index (χ0n) is 12.0. The van der Waals surface area contributed by atoms with E-state index in [9.17, 15) is 0 Å². The first-order chi connectivity index (χ1) is 9.08. The van der Waals surface area contributed by atoms with Crippen molar-refractivity contribution in [2.75, 3.05) is 11.9 Å². The average molecular weight is 259 g/mol. The fourth-order valence-corrected chi connectivity index (χ4v) is 2.83. The summed E-state index contributed by atoms with van der Waals surface area (Å²) < 4.78 is 0. The van der Waals surface area contributed by atoms with Gasteiger partial charge in [-0.3, -0.25) is 4.99 Å². The van der Waals surface area contributed by atoms with Crippen LogP contribution in [0.25, 0.3) is 0 Å². The van der Waals surface area contributed by atoms with Crippen LogP contribution in [0.1, 0.15) is 39.5 Å². The molecule has 1 aromatic carbocycles. The molecule has 1 aliphatic rings. The molecule has 1 aliphatic carbocycles. The van der Waals surface area contributed by atoms with Gasteiger partial charge >= 0.3 is 0 Å². The highest BCUT2D eigenvalue weighted by Gasteiger charge is 2.31. The normalized spacial score (nSPS) is 17.7. The van der Waals surface area contributed by atoms with Crippen molar-refractivity contribution in [3.8, 4) is 0 Å². The summed E-state index contributed by atoms with van der Waals surface area (Å²) in [5.41, 5.74) is 7.19. The summed E-state index contributed by atoms with van der Waals surface area (Å²) >= 11 is 0. The molecular formula is C16H25N3. The predicted molar refractivity (Wildman–Crippen MR) is 82.3 cm³/mol. The SMILES string of the molecule is CC(C)(CN=C(N)Nc1ccccc1)C1CCCC1. The van der Waals surface area contributed by atoms with Crippen LogP contribution >= 0.6 is 0 Å². The molecule has 0 saturated heterocycles. The maximum Gasteiger partial charge on any atom is 0.193 e. The van der Waals surface area contributed by atoms with Gasteiger partial charge in [-0.05, 0) is 36.3 Å². The summed E-state index contributed by atoms with van der Waals surface area (Å²) in [7, 11) is 0. The number of para-hydroxylation sites is 1. The standard InChI is InChI=1S/C16H25N3/c1-16(2,13-8-6-7-9-13)12-18-15(17)19-14-10-4-3-5-11-14/h3-5,10-11,13H,6-9,12H2,1-2H3,(H3,17,18,19). The molecule has 3 heteroatoms. The molecule has 1 aromatic rings. The lowest BCUT2D eigenvalue weighted by molar-refractivity contribution is 0.228. The summed E-state index contributed by atoms with van der Waals surface area (Å²) in [6.45, 7) is 5.41. The van der Waals surface area contributed by atoms with Crippen LogP contribution in [0.3, 0.4) is 0 Å². The van der Waals surface area contributed by atoms with Crippen LogP contribution in [0.5, 0.6) is 0 Å². The molecular weight excluding hydrogens is 234 g/mol. The Morgan fingerprint density at radius 2 is 1.89 bits per heavy atom. The third-order valence-corrected chi connectivity index (χ3v) is 4.16. The van der Waals surface area contributed by atoms with Crippen LogP contribution in [-0.2, 0) is 0 Å². The van der Waals surface area contributed by atoms with E-state index in [2.05, 4.69) is 24.2 Å². The molecule has 0 spiro atoms. The number of nitrogens with zero attached hydrogens (tertiary/aromatic N) is 1. The molecule has 0 unspecified atom stereocenters. The average Bonchev–Trinajstić information content (AvgIpc) is 2.92. The summed E-state index contributed by atoms with van der Waals surface area (Å²) in [5.74, 6) is 1.30. The first-order valence-electron chi connectivity index (χ1n) is 7.20. The molecule has 0 bridgehead atoms. The monoisotopic (exact) mass is 259 g/mol. The molecule has 104 valence electrons. The third-order valence-electron chi connectivity index (χ3n) is 4.16. The Hall–Kier alpha value is -1.51. The Kier molecular flexibility index (Phi) is 4.46. The van der Waals surface area contributed by atoms with Crippen LogP contribution in [0, 0.1) is 11.3 Å². The second kappa shape index (κ2) is 6.09. The fraction of sp³-hybridized carbons (Fsp3) is 0.562. The van der Waals surface area contributed by atoms with Gasteiger partial charge in [0.1, 0.15) is 0 Å². The largest absolute Gasteiger partial charge is 0.370 e. The second-order valence-corrected chi connectivity index (χ2v) is 6.16. The van der Waals surface area contributed by atoms with E-state index in [1.807, 2.05) is 30.3 Å². The Morgan fingerprint density at radius 1 is 1.26 bits per heavy atom. The molecule has 3 nitrogen and oxygen atoms in total. The van der Waals surface area contributed by atoms with Crippen LogP contribution in [0.2, 0.25) is 0 Å². The highest BCUT2D eigenvalue weighted by Crippen LogP contribution is 2.39. The molecule has 0 heterocycles. The van der Waals surface area contributed by atoms with E-state index in [0.29, 0.717) is 5.96 Å². The van der Waals surface area contributed by atoms with E-state index in [1.165, 1.54) is 25.7 Å². The van der Waals surface area contributed by atoms with Crippen LogP contribution in [0.15, 0.2) is 35.3 Å². The number of rotatable bonds is 4. The molecule has 0 aliphatic heterocycles. The van der Waals surface area contributed by atoms with E-state index < -0.39 is 0 Å². The predicted octanol–water partition coefficient (Wildman–Crippen LogP) is 3.63. The lowest BCUT2D eigenvalue weighted by Gasteiger charge is -2.29. The van der Waals surface area contributed by atoms with Gasteiger partial charge < -0.3 is 11.1 Å². The molecule has 1 fully saturated rings. The minimum atomic E-state index is 0.249. The number of aliphatic imine (C=N–C) groups is 1. The van der Waals surface area contributed by atoms with Crippen molar-refractivity contribution in [3.05, 3.63) is 30.3 Å². The van der Waals surface area contributed by atoms with E-state index in [-0.39, 0.29) is 5.41 Å². The Bertz CT molecular complexity index is 417. The Balaban J connectivity index is 1.90. The molecule has 3 N–H and O–H groups in total. The Morgan fingerprint density at radius 3 is 2.53 bits per heavy atom. The number of hydrogen-bond acceptors (Lipinski definition) is 1. The van der Waals surface area contributed by atoms with Crippen LogP contribution < -0.4 is 11.1 Å². The third kappa shape index (κ3) is 3.98. The van der Waals surface area contributed by atoms with Gasteiger partial charge in [0.05, 0.1) is 0 Å². The zero-order chi connectivity index (χ0) is 13.7. The Labute approximate surface area is 116 Å². The minimum absolute atomic E-state index is 0.249. The van der Waals surface area contributed by atoms with Crippen molar-refractivity contribution in [1.82, 2.24) is 0 Å². The van der Waals surface area contributed by atoms with Gasteiger partial charge in [0.25, 0.3) is 0 Å². The topological polar surface area (TPSA) is 50.4 Å². The van der Waals surface area contributed by atoms with Crippen molar-refractivity contribution < 1.29 is 0 Å². The van der Waals surface area contributed by atoms with E-state index in [4.69, 9.17) is 5.73 Å². The van der Waals surface area contributed by atoms with Crippen molar-refractivity contribution >= 4 is 11.6 Å². The minimum Gasteiger partial charge on any atom is -0.370 e. The number of benzene rings is 1. The number of hydrogen-bond donors (Lipinski definition) is 2. The van der Waals surface area contributed by atoms with Crippen molar-refractivity contribution in [3.63, 3.8) is 0 Å². The van der Waals surface area contributed by atoms with E-state index in [1.54, 1.807) is 0 Å². The lowest BCUT2D eigenvalue weighted by atomic mass is 9.78. The fourth-order valence-electron chi connectivity index (χ4n) is 2.83. The number of anilines is 1. The molecule has 0 amide bonds. The van der Waals surface area contributed by atoms with Gasteiger partial charge in [-0.2, -0.15) is 0 Å². The van der Waals surface area contributed by atoms with Gasteiger partial charge in [-0.1, -0.05) is 44.9 Å². The molecule has 0 aromatic heterocycles. The van der Waals surface area contributed by atoms with Gasteiger partial charge in [0, 0.05) is 12.2 Å². The van der Waals surface area contributed by atoms with Crippen molar-refractivity contribution in [2.24, 2.45) is 22.1 Å². The van der Waals surface area contributed by atoms with Gasteiger partial charge in [0.2, 0.25) is 0 Å². The van der Waals surface area contributed by atoms with Gasteiger partial charge in [0.15, 0.2) is 5.96 Å². The van der Waals surface area contributed by atoms with Gasteiger partial charge in [-0.15, -0.1) is 0 Å². The van der Waals surface area contributed by atoms with Gasteiger partial charge in [-0.25, -0.2) is 0 Å². The summed E-state index contributed by atoms with van der Waals surface area (Å²) in [5, 5.41) is 3.13. The number of nitrogens with two attached hydrogens (primary N) is 1. The van der Waals surface area contributed by atoms with Crippen molar-refractivity contribution in [2.45, 2.75) is 39.5 Å². The lowest BCUT2D eigenvalue weighted by Crippen LogP contribution is -2.29. The quantitative estimate of drug-likeness (QED) is 0.641.